The van der Waals surface area contributed by atoms with Crippen LogP contribution in [-0.2, 0) is 16.8 Å². The van der Waals surface area contributed by atoms with Crippen molar-refractivity contribution in [2.24, 2.45) is 0 Å². The van der Waals surface area contributed by atoms with Gasteiger partial charge in [-0.3, -0.25) is 0 Å². The Morgan fingerprint density at radius 3 is 2.59 bits per heavy atom. The normalized spacial score (nSPS) is 18.4. The van der Waals surface area contributed by atoms with E-state index < -0.39 is 5.54 Å². The number of hydrogen-bond donors (Lipinski definition) is 2. The number of nitrogens with zero attached hydrogens (tertiary/aromatic N) is 2. The minimum atomic E-state index is -0.422. The second-order valence-electron chi connectivity index (χ2n) is 7.73. The molecule has 1 aromatic carbocycles. The van der Waals surface area contributed by atoms with Gasteiger partial charge in [0.2, 0.25) is 0 Å². The molecule has 0 bridgehead atoms. The van der Waals surface area contributed by atoms with E-state index in [0.29, 0.717) is 19.8 Å². The third-order valence-corrected chi connectivity index (χ3v) is 5.80. The zero-order valence-electron chi connectivity index (χ0n) is 16.5. The SMILES string of the molecule is O=C(NCc1ccnc(N2CCOCC2)c1)NC1(c2ccc(F)cc2)CCCC1. The van der Waals surface area contributed by atoms with Crippen LogP contribution in [0.15, 0.2) is 42.6 Å². The second kappa shape index (κ2) is 8.78. The highest BCUT2D eigenvalue weighted by Crippen LogP contribution is 2.38. The van der Waals surface area contributed by atoms with E-state index in [4.69, 9.17) is 4.74 Å². The van der Waals surface area contributed by atoms with Gasteiger partial charge in [-0.1, -0.05) is 25.0 Å². The monoisotopic (exact) mass is 398 g/mol. The van der Waals surface area contributed by atoms with Crippen molar-refractivity contribution in [3.63, 3.8) is 0 Å². The summed E-state index contributed by atoms with van der Waals surface area (Å²) in [4.78, 5) is 19.3. The lowest BCUT2D eigenvalue weighted by molar-refractivity contribution is 0.122. The van der Waals surface area contributed by atoms with E-state index in [1.807, 2.05) is 12.1 Å². The number of nitrogens with one attached hydrogen (secondary N) is 2. The van der Waals surface area contributed by atoms with Gasteiger partial charge < -0.3 is 20.3 Å². The van der Waals surface area contributed by atoms with Gasteiger partial charge in [0.05, 0.1) is 18.8 Å². The summed E-state index contributed by atoms with van der Waals surface area (Å²) in [5.41, 5.74) is 1.54. The molecule has 2 aliphatic rings. The number of aromatic nitrogens is 1. The summed E-state index contributed by atoms with van der Waals surface area (Å²) in [6.45, 7) is 3.48. The van der Waals surface area contributed by atoms with E-state index in [1.54, 1.807) is 18.3 Å². The number of amides is 2. The molecule has 6 nitrogen and oxygen atoms in total. The summed E-state index contributed by atoms with van der Waals surface area (Å²) in [6.07, 6.45) is 5.59. The first kappa shape index (κ1) is 19.6. The molecule has 1 saturated heterocycles. The number of ether oxygens (including phenoxy) is 1. The minimum Gasteiger partial charge on any atom is -0.378 e. The van der Waals surface area contributed by atoms with Gasteiger partial charge in [0.1, 0.15) is 11.6 Å². The van der Waals surface area contributed by atoms with E-state index in [0.717, 1.165) is 55.7 Å². The first-order chi connectivity index (χ1) is 14.1. The van der Waals surface area contributed by atoms with Gasteiger partial charge in [-0.25, -0.2) is 14.2 Å². The van der Waals surface area contributed by atoms with Crippen LogP contribution in [0.3, 0.4) is 0 Å². The number of carbonyl (C=O) groups excluding carboxylic acids is 1. The van der Waals surface area contributed by atoms with Crippen molar-refractivity contribution >= 4 is 11.8 Å². The lowest BCUT2D eigenvalue weighted by atomic mass is 9.88. The topological polar surface area (TPSA) is 66.5 Å². The number of rotatable bonds is 5. The Bertz CT molecular complexity index is 831. The van der Waals surface area contributed by atoms with Gasteiger partial charge in [0, 0.05) is 25.8 Å². The van der Waals surface area contributed by atoms with E-state index in [9.17, 15) is 9.18 Å². The number of morpholine rings is 1. The number of anilines is 1. The summed E-state index contributed by atoms with van der Waals surface area (Å²) in [6, 6.07) is 10.2. The molecular weight excluding hydrogens is 371 g/mol. The highest BCUT2D eigenvalue weighted by molar-refractivity contribution is 5.75. The third-order valence-electron chi connectivity index (χ3n) is 5.80. The molecule has 0 unspecified atom stereocenters. The van der Waals surface area contributed by atoms with Crippen molar-refractivity contribution in [2.75, 3.05) is 31.2 Å². The quantitative estimate of drug-likeness (QED) is 0.811. The highest BCUT2D eigenvalue weighted by Gasteiger charge is 2.37. The zero-order chi connectivity index (χ0) is 20.1. The Morgan fingerprint density at radius 2 is 1.86 bits per heavy atom. The van der Waals surface area contributed by atoms with Crippen molar-refractivity contribution in [1.82, 2.24) is 15.6 Å². The standard InChI is InChI=1S/C22H27FN4O2/c23-19-5-3-18(4-6-19)22(8-1-2-9-22)26-21(28)25-16-17-7-10-24-20(15-17)27-11-13-29-14-12-27/h3-7,10,15H,1-2,8-9,11-14,16H2,(H2,25,26,28). The predicted molar refractivity (Wildman–Crippen MR) is 109 cm³/mol. The van der Waals surface area contributed by atoms with Crippen LogP contribution >= 0.6 is 0 Å². The zero-order valence-corrected chi connectivity index (χ0v) is 16.5. The van der Waals surface area contributed by atoms with Crippen molar-refractivity contribution < 1.29 is 13.9 Å². The Hall–Kier alpha value is -2.67. The van der Waals surface area contributed by atoms with Crippen LogP contribution in [0.4, 0.5) is 15.0 Å². The van der Waals surface area contributed by atoms with Gasteiger partial charge in [-0.15, -0.1) is 0 Å². The van der Waals surface area contributed by atoms with E-state index >= 15 is 0 Å². The Morgan fingerprint density at radius 1 is 1.14 bits per heavy atom. The van der Waals surface area contributed by atoms with Crippen molar-refractivity contribution in [3.05, 3.63) is 59.5 Å². The molecule has 154 valence electrons. The predicted octanol–water partition coefficient (Wildman–Crippen LogP) is 3.33. The first-order valence-corrected chi connectivity index (χ1v) is 10.2. The molecule has 1 saturated carbocycles. The minimum absolute atomic E-state index is 0.207. The summed E-state index contributed by atoms with van der Waals surface area (Å²) < 4.78 is 18.7. The summed E-state index contributed by atoms with van der Waals surface area (Å²) in [5, 5.41) is 6.13. The fraction of sp³-hybridized carbons (Fsp3) is 0.455. The Kier molecular flexibility index (Phi) is 5.94. The number of urea groups is 1. The molecule has 1 aromatic heterocycles. The highest BCUT2D eigenvalue weighted by atomic mass is 19.1. The first-order valence-electron chi connectivity index (χ1n) is 10.2. The van der Waals surface area contributed by atoms with E-state index in [1.165, 1.54) is 12.1 Å². The molecule has 29 heavy (non-hydrogen) atoms. The van der Waals surface area contributed by atoms with Crippen LogP contribution in [0, 0.1) is 5.82 Å². The lowest BCUT2D eigenvalue weighted by Crippen LogP contribution is -2.48. The maximum atomic E-state index is 13.3. The summed E-state index contributed by atoms with van der Waals surface area (Å²) in [7, 11) is 0. The Balaban J connectivity index is 1.38. The van der Waals surface area contributed by atoms with Crippen molar-refractivity contribution in [3.8, 4) is 0 Å². The summed E-state index contributed by atoms with van der Waals surface area (Å²) in [5.74, 6) is 0.645. The van der Waals surface area contributed by atoms with Crippen LogP contribution in [0.5, 0.6) is 0 Å². The van der Waals surface area contributed by atoms with Crippen LogP contribution < -0.4 is 15.5 Å². The molecule has 2 amide bonds. The molecule has 7 heteroatoms. The number of hydrogen-bond acceptors (Lipinski definition) is 4. The van der Waals surface area contributed by atoms with E-state index in [-0.39, 0.29) is 11.8 Å². The van der Waals surface area contributed by atoms with Crippen LogP contribution in [0.2, 0.25) is 0 Å². The number of pyridine rings is 1. The number of halogens is 1. The van der Waals surface area contributed by atoms with Gasteiger partial charge in [0.15, 0.2) is 0 Å². The average molecular weight is 398 g/mol. The fourth-order valence-corrected chi connectivity index (χ4v) is 4.21. The van der Waals surface area contributed by atoms with Gasteiger partial charge in [-0.2, -0.15) is 0 Å². The molecule has 0 radical (unpaired) electrons. The smallest absolute Gasteiger partial charge is 0.315 e. The van der Waals surface area contributed by atoms with Gasteiger partial charge in [-0.05, 0) is 48.2 Å². The largest absolute Gasteiger partial charge is 0.378 e. The maximum Gasteiger partial charge on any atom is 0.315 e. The van der Waals surface area contributed by atoms with Crippen molar-refractivity contribution in [1.29, 1.82) is 0 Å². The summed E-state index contributed by atoms with van der Waals surface area (Å²) >= 11 is 0. The molecular formula is C22H27FN4O2. The molecule has 4 rings (SSSR count). The Labute approximate surface area is 170 Å². The van der Waals surface area contributed by atoms with Gasteiger partial charge >= 0.3 is 6.03 Å². The third kappa shape index (κ3) is 4.67. The molecule has 1 aliphatic carbocycles. The molecule has 0 spiro atoms. The molecule has 2 heterocycles. The maximum absolute atomic E-state index is 13.3. The van der Waals surface area contributed by atoms with Crippen LogP contribution in [0.1, 0.15) is 36.8 Å². The molecule has 2 aromatic rings. The van der Waals surface area contributed by atoms with Crippen LogP contribution in [-0.4, -0.2) is 37.3 Å². The molecule has 1 aliphatic heterocycles. The fourth-order valence-electron chi connectivity index (χ4n) is 4.21. The lowest BCUT2D eigenvalue weighted by Gasteiger charge is -2.31. The number of carbonyl (C=O) groups is 1. The van der Waals surface area contributed by atoms with E-state index in [2.05, 4.69) is 20.5 Å². The average Bonchev–Trinajstić information content (AvgIpc) is 3.23. The molecule has 2 N–H and O–H groups in total. The second-order valence-corrected chi connectivity index (χ2v) is 7.73. The molecule has 2 fully saturated rings. The van der Waals surface area contributed by atoms with Gasteiger partial charge in [0.25, 0.3) is 0 Å². The molecule has 0 atom stereocenters. The van der Waals surface area contributed by atoms with Crippen LogP contribution in [0.25, 0.3) is 0 Å². The number of benzene rings is 1. The van der Waals surface area contributed by atoms with Crippen molar-refractivity contribution in [2.45, 2.75) is 37.8 Å².